The minimum atomic E-state index is -0.183. The maximum atomic E-state index is 13.0. The van der Waals surface area contributed by atoms with Crippen molar-refractivity contribution in [2.45, 2.75) is 5.92 Å². The first kappa shape index (κ1) is 19.9. The molecule has 0 aliphatic carbocycles. The van der Waals surface area contributed by atoms with E-state index in [4.69, 9.17) is 0 Å². The number of para-hydroxylation sites is 2. The number of nitrogens with zero attached hydrogens (tertiary/aromatic N) is 2. The molecule has 0 spiro atoms. The first-order chi connectivity index (χ1) is 15.6. The number of fused-ring (bicyclic) bond motifs is 2. The molecule has 5 aromatic rings. The van der Waals surface area contributed by atoms with Crippen molar-refractivity contribution in [1.82, 2.24) is 20.5 Å². The number of hydrogen-bond donors (Lipinski definition) is 3. The monoisotopic (exact) mass is 423 g/mol. The largest absolute Gasteiger partial charge is 0.378 e. The molecule has 6 nitrogen and oxygen atoms in total. The van der Waals surface area contributed by atoms with Gasteiger partial charge in [0, 0.05) is 54.7 Å². The predicted molar refractivity (Wildman–Crippen MR) is 129 cm³/mol. The number of aromatic nitrogens is 3. The third-order valence-corrected chi connectivity index (χ3v) is 5.96. The Morgan fingerprint density at radius 2 is 1.62 bits per heavy atom. The number of hydrogen-bond acceptors (Lipinski definition) is 3. The highest BCUT2D eigenvalue weighted by Crippen LogP contribution is 2.31. The molecule has 0 saturated heterocycles. The van der Waals surface area contributed by atoms with Gasteiger partial charge >= 0.3 is 0 Å². The first-order valence-corrected chi connectivity index (χ1v) is 10.7. The normalized spacial score (nSPS) is 12.2. The molecule has 3 N–H and O–H groups in total. The van der Waals surface area contributed by atoms with Crippen molar-refractivity contribution in [3.8, 4) is 0 Å². The number of benzene rings is 3. The molecule has 160 valence electrons. The number of nitrogens with one attached hydrogen (secondary N) is 3. The summed E-state index contributed by atoms with van der Waals surface area (Å²) >= 11 is 0. The van der Waals surface area contributed by atoms with Gasteiger partial charge < -0.3 is 15.2 Å². The summed E-state index contributed by atoms with van der Waals surface area (Å²) in [4.78, 5) is 18.5. The van der Waals surface area contributed by atoms with Crippen LogP contribution in [-0.2, 0) is 0 Å². The highest BCUT2D eigenvalue weighted by atomic mass is 16.1. The molecule has 0 aliphatic rings. The van der Waals surface area contributed by atoms with E-state index in [1.807, 2.05) is 56.7 Å². The smallest absolute Gasteiger partial charge is 0.272 e. The molecule has 0 radical (unpaired) electrons. The highest BCUT2D eigenvalue weighted by Gasteiger charge is 2.21. The van der Waals surface area contributed by atoms with Gasteiger partial charge in [0.25, 0.3) is 5.91 Å². The van der Waals surface area contributed by atoms with E-state index < -0.39 is 0 Å². The fourth-order valence-corrected chi connectivity index (χ4v) is 4.21. The topological polar surface area (TPSA) is 76.8 Å². The summed E-state index contributed by atoms with van der Waals surface area (Å²) < 4.78 is 0. The lowest BCUT2D eigenvalue weighted by molar-refractivity contribution is 0.0949. The van der Waals surface area contributed by atoms with Crippen LogP contribution < -0.4 is 10.2 Å². The maximum Gasteiger partial charge on any atom is 0.272 e. The van der Waals surface area contributed by atoms with Gasteiger partial charge in [-0.05, 0) is 35.4 Å². The average molecular weight is 424 g/mol. The lowest BCUT2D eigenvalue weighted by atomic mass is 9.90. The van der Waals surface area contributed by atoms with E-state index in [9.17, 15) is 4.79 Å². The fourth-order valence-electron chi connectivity index (χ4n) is 4.21. The van der Waals surface area contributed by atoms with Gasteiger partial charge in [-0.15, -0.1) is 0 Å². The molecule has 2 heterocycles. The molecule has 1 amide bonds. The van der Waals surface area contributed by atoms with Crippen LogP contribution in [0.25, 0.3) is 21.8 Å². The summed E-state index contributed by atoms with van der Waals surface area (Å²) in [5, 5.41) is 12.3. The zero-order chi connectivity index (χ0) is 22.1. The molecular formula is C26H25N5O. The summed E-state index contributed by atoms with van der Waals surface area (Å²) in [6.07, 6.45) is 2.05. The van der Waals surface area contributed by atoms with Crippen molar-refractivity contribution < 1.29 is 4.79 Å². The van der Waals surface area contributed by atoms with Crippen LogP contribution in [0.5, 0.6) is 0 Å². The van der Waals surface area contributed by atoms with Crippen LogP contribution in [0.15, 0.2) is 79.0 Å². The molecule has 0 saturated carbocycles. The van der Waals surface area contributed by atoms with Crippen LogP contribution in [0.4, 0.5) is 5.69 Å². The van der Waals surface area contributed by atoms with Gasteiger partial charge in [0.2, 0.25) is 0 Å². The molecule has 32 heavy (non-hydrogen) atoms. The van der Waals surface area contributed by atoms with Crippen molar-refractivity contribution in [2.24, 2.45) is 0 Å². The van der Waals surface area contributed by atoms with Crippen LogP contribution in [0, 0.1) is 0 Å². The van der Waals surface area contributed by atoms with Gasteiger partial charge in [0.1, 0.15) is 0 Å². The number of carbonyl (C=O) groups excluding carboxylic acids is 1. The molecule has 1 unspecified atom stereocenters. The predicted octanol–water partition coefficient (Wildman–Crippen LogP) is 4.67. The lowest BCUT2D eigenvalue weighted by Gasteiger charge is -2.20. The van der Waals surface area contributed by atoms with E-state index in [1.165, 1.54) is 0 Å². The van der Waals surface area contributed by atoms with E-state index in [2.05, 4.69) is 61.8 Å². The van der Waals surface area contributed by atoms with Crippen LogP contribution in [0.2, 0.25) is 0 Å². The van der Waals surface area contributed by atoms with E-state index in [1.54, 1.807) is 0 Å². The van der Waals surface area contributed by atoms with E-state index in [0.717, 1.165) is 38.6 Å². The summed E-state index contributed by atoms with van der Waals surface area (Å²) in [6.45, 7) is 0.461. The number of H-pyrrole nitrogens is 2. The molecule has 0 fully saturated rings. The van der Waals surface area contributed by atoms with Crippen molar-refractivity contribution in [3.05, 3.63) is 95.8 Å². The summed E-state index contributed by atoms with van der Waals surface area (Å²) in [7, 11) is 4.06. The molecule has 3 aromatic carbocycles. The van der Waals surface area contributed by atoms with Gasteiger partial charge in [-0.3, -0.25) is 9.89 Å². The summed E-state index contributed by atoms with van der Waals surface area (Å²) in [5.74, 6) is -0.186. The SMILES string of the molecule is CN(C)c1ccc(C(CNC(=O)c2n[nH]c3ccccc23)c2c[nH]c3ccccc23)cc1. The molecular weight excluding hydrogens is 398 g/mol. The Kier molecular flexibility index (Phi) is 5.11. The number of carbonyl (C=O) groups is 1. The molecule has 6 heteroatoms. The second-order valence-corrected chi connectivity index (χ2v) is 8.16. The Hall–Kier alpha value is -4.06. The quantitative estimate of drug-likeness (QED) is 0.371. The van der Waals surface area contributed by atoms with Gasteiger partial charge in [-0.1, -0.05) is 48.5 Å². The van der Waals surface area contributed by atoms with Crippen molar-refractivity contribution in [3.63, 3.8) is 0 Å². The summed E-state index contributed by atoms with van der Waals surface area (Å²) in [5.41, 5.74) is 5.80. The van der Waals surface area contributed by atoms with Gasteiger partial charge in [-0.2, -0.15) is 5.10 Å². The van der Waals surface area contributed by atoms with Crippen LogP contribution in [0.3, 0.4) is 0 Å². The minimum absolute atomic E-state index is 0.00322. The second-order valence-electron chi connectivity index (χ2n) is 8.16. The zero-order valence-electron chi connectivity index (χ0n) is 18.1. The Morgan fingerprint density at radius 3 is 2.38 bits per heavy atom. The molecule has 0 aliphatic heterocycles. The Balaban J connectivity index is 1.47. The van der Waals surface area contributed by atoms with Crippen LogP contribution in [0.1, 0.15) is 27.5 Å². The van der Waals surface area contributed by atoms with Gasteiger partial charge in [0.05, 0.1) is 5.52 Å². The van der Waals surface area contributed by atoms with Gasteiger partial charge in [-0.25, -0.2) is 0 Å². The number of aromatic amines is 2. The molecule has 0 bridgehead atoms. The Bertz CT molecular complexity index is 1380. The van der Waals surface area contributed by atoms with Crippen molar-refractivity contribution in [2.75, 3.05) is 25.5 Å². The highest BCUT2D eigenvalue weighted by molar-refractivity contribution is 6.04. The molecule has 1 atom stereocenters. The summed E-state index contributed by atoms with van der Waals surface area (Å²) in [6, 6.07) is 24.4. The first-order valence-electron chi connectivity index (χ1n) is 10.7. The van der Waals surface area contributed by atoms with E-state index >= 15 is 0 Å². The van der Waals surface area contributed by atoms with Crippen molar-refractivity contribution in [1.29, 1.82) is 0 Å². The number of anilines is 1. The van der Waals surface area contributed by atoms with Crippen LogP contribution in [-0.4, -0.2) is 41.7 Å². The lowest BCUT2D eigenvalue weighted by Crippen LogP contribution is -2.29. The second kappa shape index (κ2) is 8.23. The molecule has 5 rings (SSSR count). The Labute approximate surface area is 186 Å². The average Bonchev–Trinajstić information content (AvgIpc) is 3.44. The number of rotatable bonds is 6. The zero-order valence-corrected chi connectivity index (χ0v) is 18.1. The maximum absolute atomic E-state index is 13.0. The standard InChI is InChI=1S/C26H25N5O/c1-31(2)18-13-11-17(12-14-18)21(22-16-27-23-9-5-3-7-19(22)23)15-28-26(32)25-20-8-4-6-10-24(20)29-30-25/h3-14,16,21,27H,15H2,1-2H3,(H,28,32)(H,29,30). The minimum Gasteiger partial charge on any atom is -0.378 e. The van der Waals surface area contributed by atoms with Gasteiger partial charge in [0.15, 0.2) is 5.69 Å². The Morgan fingerprint density at radius 1 is 0.938 bits per heavy atom. The van der Waals surface area contributed by atoms with Crippen molar-refractivity contribution >= 4 is 33.4 Å². The molecule has 2 aromatic heterocycles. The van der Waals surface area contributed by atoms with E-state index in [-0.39, 0.29) is 11.8 Å². The fraction of sp³-hybridized carbons (Fsp3) is 0.154. The third-order valence-electron chi connectivity index (χ3n) is 5.96. The third kappa shape index (κ3) is 3.60. The van der Waals surface area contributed by atoms with E-state index in [0.29, 0.717) is 12.2 Å². The van der Waals surface area contributed by atoms with Crippen LogP contribution >= 0.6 is 0 Å². The number of amides is 1.